The van der Waals surface area contributed by atoms with Crippen LogP contribution in [0.2, 0.25) is 5.02 Å². The molecule has 0 radical (unpaired) electrons. The molecule has 30 heavy (non-hydrogen) atoms. The molecule has 0 spiro atoms. The normalized spacial score (nSPS) is 10.9. The second-order valence-corrected chi connectivity index (χ2v) is 8.48. The SMILES string of the molecule is Cc1ccc(OCc2cc(=O)n3cc(C)sc3n2)c(NC(=O)c2ccc(Cl)cc2)c1. The maximum Gasteiger partial charge on any atom is 0.258 e. The van der Waals surface area contributed by atoms with E-state index in [0.717, 1.165) is 10.4 Å². The Labute approximate surface area is 181 Å². The van der Waals surface area contributed by atoms with Crippen molar-refractivity contribution in [3.63, 3.8) is 0 Å². The zero-order valence-electron chi connectivity index (χ0n) is 16.3. The number of fused-ring (bicyclic) bond motifs is 1. The monoisotopic (exact) mass is 439 g/mol. The fourth-order valence-corrected chi connectivity index (χ4v) is 3.92. The number of nitrogens with zero attached hydrogens (tertiary/aromatic N) is 2. The molecule has 0 aliphatic carbocycles. The molecule has 1 N–H and O–H groups in total. The molecular weight excluding hydrogens is 422 g/mol. The number of ether oxygens (including phenoxy) is 1. The molecule has 4 aromatic rings. The number of nitrogens with one attached hydrogen (secondary N) is 1. The molecule has 0 saturated heterocycles. The van der Waals surface area contributed by atoms with E-state index in [1.165, 1.54) is 21.8 Å². The Morgan fingerprint density at radius 3 is 2.70 bits per heavy atom. The first-order chi connectivity index (χ1) is 14.4. The van der Waals surface area contributed by atoms with Gasteiger partial charge in [0.05, 0.1) is 11.4 Å². The number of anilines is 1. The molecule has 2 aromatic heterocycles. The lowest BCUT2D eigenvalue weighted by molar-refractivity contribution is 0.102. The van der Waals surface area contributed by atoms with Crippen LogP contribution < -0.4 is 15.6 Å². The number of halogens is 1. The van der Waals surface area contributed by atoms with Gasteiger partial charge >= 0.3 is 0 Å². The number of hydrogen-bond acceptors (Lipinski definition) is 5. The van der Waals surface area contributed by atoms with E-state index < -0.39 is 0 Å². The summed E-state index contributed by atoms with van der Waals surface area (Å²) in [6, 6.07) is 13.6. The molecule has 0 saturated carbocycles. The van der Waals surface area contributed by atoms with Crippen LogP contribution in [-0.4, -0.2) is 15.3 Å². The number of amides is 1. The van der Waals surface area contributed by atoms with Crippen LogP contribution in [0.1, 0.15) is 26.5 Å². The molecule has 2 heterocycles. The summed E-state index contributed by atoms with van der Waals surface area (Å²) in [5, 5.41) is 3.44. The van der Waals surface area contributed by atoms with Crippen molar-refractivity contribution in [2.24, 2.45) is 0 Å². The van der Waals surface area contributed by atoms with Crippen molar-refractivity contribution in [1.82, 2.24) is 9.38 Å². The average Bonchev–Trinajstić information content (AvgIpc) is 3.09. The minimum Gasteiger partial charge on any atom is -0.485 e. The van der Waals surface area contributed by atoms with Gasteiger partial charge in [0.1, 0.15) is 12.4 Å². The Balaban J connectivity index is 1.55. The Morgan fingerprint density at radius 1 is 1.17 bits per heavy atom. The van der Waals surface area contributed by atoms with E-state index in [4.69, 9.17) is 16.3 Å². The maximum absolute atomic E-state index is 12.6. The summed E-state index contributed by atoms with van der Waals surface area (Å²) >= 11 is 7.33. The van der Waals surface area contributed by atoms with E-state index in [0.29, 0.717) is 32.7 Å². The summed E-state index contributed by atoms with van der Waals surface area (Å²) in [5.41, 5.74) is 2.38. The first-order valence-corrected chi connectivity index (χ1v) is 10.4. The van der Waals surface area contributed by atoms with Crippen LogP contribution in [-0.2, 0) is 6.61 Å². The first-order valence-electron chi connectivity index (χ1n) is 9.18. The van der Waals surface area contributed by atoms with Gasteiger partial charge in [-0.2, -0.15) is 0 Å². The van der Waals surface area contributed by atoms with E-state index >= 15 is 0 Å². The molecule has 2 aromatic carbocycles. The quantitative estimate of drug-likeness (QED) is 0.482. The molecule has 6 nitrogen and oxygen atoms in total. The molecule has 0 aliphatic rings. The van der Waals surface area contributed by atoms with Gasteiger partial charge in [-0.1, -0.05) is 17.7 Å². The van der Waals surface area contributed by atoms with E-state index in [2.05, 4.69) is 10.3 Å². The number of aromatic nitrogens is 2. The minimum absolute atomic E-state index is 0.107. The summed E-state index contributed by atoms with van der Waals surface area (Å²) < 4.78 is 7.42. The van der Waals surface area contributed by atoms with Crippen molar-refractivity contribution in [3.8, 4) is 5.75 Å². The number of rotatable bonds is 5. The number of thiazole rings is 1. The second kappa shape index (κ2) is 8.30. The van der Waals surface area contributed by atoms with Crippen molar-refractivity contribution >= 4 is 39.5 Å². The van der Waals surface area contributed by atoms with E-state index in [1.807, 2.05) is 26.0 Å². The first kappa shape index (κ1) is 20.1. The summed E-state index contributed by atoms with van der Waals surface area (Å²) in [4.78, 5) is 31.0. The fraction of sp³-hybridized carbons (Fsp3) is 0.136. The highest BCUT2D eigenvalue weighted by molar-refractivity contribution is 7.16. The third-order valence-corrected chi connectivity index (χ3v) is 5.55. The van der Waals surface area contributed by atoms with Gasteiger partial charge in [-0.05, 0) is 55.8 Å². The zero-order valence-corrected chi connectivity index (χ0v) is 17.9. The smallest absolute Gasteiger partial charge is 0.258 e. The lowest BCUT2D eigenvalue weighted by Crippen LogP contribution is -2.15. The molecular formula is C22H18ClN3O3S. The van der Waals surface area contributed by atoms with Crippen molar-refractivity contribution in [1.29, 1.82) is 0 Å². The van der Waals surface area contributed by atoms with Gasteiger partial charge in [0.2, 0.25) is 0 Å². The van der Waals surface area contributed by atoms with Crippen LogP contribution >= 0.6 is 22.9 Å². The Hall–Kier alpha value is -3.16. The summed E-state index contributed by atoms with van der Waals surface area (Å²) in [7, 11) is 0. The molecule has 0 unspecified atom stereocenters. The minimum atomic E-state index is -0.269. The Kier molecular flexibility index (Phi) is 5.57. The Morgan fingerprint density at radius 2 is 1.93 bits per heavy atom. The van der Waals surface area contributed by atoms with Gasteiger partial charge in [0, 0.05) is 27.7 Å². The van der Waals surface area contributed by atoms with E-state index in [9.17, 15) is 9.59 Å². The van der Waals surface area contributed by atoms with Crippen molar-refractivity contribution < 1.29 is 9.53 Å². The number of aryl methyl sites for hydroxylation is 2. The van der Waals surface area contributed by atoms with Crippen LogP contribution in [0.5, 0.6) is 5.75 Å². The van der Waals surface area contributed by atoms with Crippen LogP contribution in [0.15, 0.2) is 59.5 Å². The lowest BCUT2D eigenvalue weighted by Gasteiger charge is -2.13. The molecule has 0 atom stereocenters. The molecule has 8 heteroatoms. The van der Waals surface area contributed by atoms with Crippen molar-refractivity contribution in [2.75, 3.05) is 5.32 Å². The van der Waals surface area contributed by atoms with E-state index in [-0.39, 0.29) is 18.1 Å². The highest BCUT2D eigenvalue weighted by Crippen LogP contribution is 2.27. The van der Waals surface area contributed by atoms with Gasteiger partial charge in [-0.15, -0.1) is 11.3 Å². The van der Waals surface area contributed by atoms with E-state index in [1.54, 1.807) is 36.5 Å². The van der Waals surface area contributed by atoms with Gasteiger partial charge in [-0.25, -0.2) is 4.98 Å². The van der Waals surface area contributed by atoms with Crippen molar-refractivity contribution in [3.05, 3.63) is 91.8 Å². The second-order valence-electron chi connectivity index (χ2n) is 6.83. The van der Waals surface area contributed by atoms with Crippen LogP contribution in [0, 0.1) is 13.8 Å². The molecule has 0 bridgehead atoms. The number of hydrogen-bond donors (Lipinski definition) is 1. The summed E-state index contributed by atoms with van der Waals surface area (Å²) in [5.74, 6) is 0.223. The largest absolute Gasteiger partial charge is 0.485 e. The highest BCUT2D eigenvalue weighted by Gasteiger charge is 2.12. The maximum atomic E-state index is 12.6. The number of benzene rings is 2. The average molecular weight is 440 g/mol. The van der Waals surface area contributed by atoms with Crippen molar-refractivity contribution in [2.45, 2.75) is 20.5 Å². The van der Waals surface area contributed by atoms with Crippen LogP contribution in [0.25, 0.3) is 4.96 Å². The lowest BCUT2D eigenvalue weighted by atomic mass is 10.1. The fourth-order valence-electron chi connectivity index (χ4n) is 2.95. The predicted molar refractivity (Wildman–Crippen MR) is 119 cm³/mol. The molecule has 152 valence electrons. The highest BCUT2D eigenvalue weighted by atomic mass is 35.5. The third-order valence-electron chi connectivity index (χ3n) is 4.40. The predicted octanol–water partition coefficient (Wildman–Crippen LogP) is 4.86. The van der Waals surface area contributed by atoms with Gasteiger partial charge in [0.25, 0.3) is 11.5 Å². The topological polar surface area (TPSA) is 72.7 Å². The molecule has 1 amide bonds. The molecule has 4 rings (SSSR count). The standard InChI is InChI=1S/C22H18ClN3O3S/c1-13-3-8-19(18(9-13)25-21(28)15-4-6-16(23)7-5-15)29-12-17-10-20(27)26-11-14(2)30-22(26)24-17/h3-11H,12H2,1-2H3,(H,25,28). The van der Waals surface area contributed by atoms with Crippen LogP contribution in [0.3, 0.4) is 0 Å². The summed E-state index contributed by atoms with van der Waals surface area (Å²) in [6.45, 7) is 3.96. The number of carbonyl (C=O) groups is 1. The zero-order chi connectivity index (χ0) is 21.3. The van der Waals surface area contributed by atoms with Gasteiger partial charge < -0.3 is 10.1 Å². The third kappa shape index (κ3) is 4.37. The number of carbonyl (C=O) groups excluding carboxylic acids is 1. The van der Waals surface area contributed by atoms with Gasteiger partial charge in [0.15, 0.2) is 4.96 Å². The molecule has 0 aliphatic heterocycles. The molecule has 0 fully saturated rings. The van der Waals surface area contributed by atoms with Crippen LogP contribution in [0.4, 0.5) is 5.69 Å². The van der Waals surface area contributed by atoms with Gasteiger partial charge in [-0.3, -0.25) is 14.0 Å². The summed E-state index contributed by atoms with van der Waals surface area (Å²) in [6.07, 6.45) is 1.77. The Bertz CT molecular complexity index is 1300.